The molecule has 0 aliphatic carbocycles. The standard InChI is InChI=1S/C17H28N4O3S/c1-13(2)15-10-21(11-16(15)19-25(4,23)24)17(22)12-20(3)9-14-7-5-6-8-18-14/h5-8,13,15-16,19H,9-12H2,1-4H3/t15-,16+/m0/s1. The Kier molecular flexibility index (Phi) is 6.53. The molecule has 0 saturated carbocycles. The molecular formula is C17H28N4O3S. The quantitative estimate of drug-likeness (QED) is 0.760. The van der Waals surface area contributed by atoms with Crippen molar-refractivity contribution in [2.24, 2.45) is 11.8 Å². The van der Waals surface area contributed by atoms with E-state index in [0.29, 0.717) is 25.6 Å². The molecule has 0 spiro atoms. The third-order valence-corrected chi connectivity index (χ3v) is 5.23. The van der Waals surface area contributed by atoms with Gasteiger partial charge in [-0.2, -0.15) is 0 Å². The minimum atomic E-state index is -3.29. The molecule has 2 atom stereocenters. The van der Waals surface area contributed by atoms with Crippen molar-refractivity contribution in [3.05, 3.63) is 30.1 Å². The monoisotopic (exact) mass is 368 g/mol. The summed E-state index contributed by atoms with van der Waals surface area (Å²) in [6, 6.07) is 5.49. The van der Waals surface area contributed by atoms with Gasteiger partial charge in [0.2, 0.25) is 15.9 Å². The molecule has 25 heavy (non-hydrogen) atoms. The average molecular weight is 369 g/mol. The van der Waals surface area contributed by atoms with E-state index in [2.05, 4.69) is 23.6 Å². The van der Waals surface area contributed by atoms with Crippen LogP contribution in [-0.2, 0) is 21.4 Å². The van der Waals surface area contributed by atoms with Gasteiger partial charge in [-0.05, 0) is 31.0 Å². The van der Waals surface area contributed by atoms with Gasteiger partial charge in [0, 0.05) is 31.9 Å². The maximum atomic E-state index is 12.6. The van der Waals surface area contributed by atoms with Crippen LogP contribution in [0.3, 0.4) is 0 Å². The van der Waals surface area contributed by atoms with E-state index in [4.69, 9.17) is 0 Å². The highest BCUT2D eigenvalue weighted by molar-refractivity contribution is 7.88. The predicted molar refractivity (Wildman–Crippen MR) is 97.2 cm³/mol. The number of hydrogen-bond acceptors (Lipinski definition) is 5. The molecule has 2 heterocycles. The number of likely N-dealkylation sites (N-methyl/N-ethyl adjacent to an activating group) is 1. The maximum absolute atomic E-state index is 12.6. The number of amides is 1. The molecule has 1 aromatic heterocycles. The van der Waals surface area contributed by atoms with Crippen LogP contribution < -0.4 is 4.72 Å². The lowest BCUT2D eigenvalue weighted by atomic mass is 9.92. The lowest BCUT2D eigenvalue weighted by Crippen LogP contribution is -2.42. The Labute approximate surface area is 150 Å². The summed E-state index contributed by atoms with van der Waals surface area (Å²) in [5, 5.41) is 0. The number of hydrogen-bond donors (Lipinski definition) is 1. The molecule has 0 unspecified atom stereocenters. The third kappa shape index (κ3) is 6.05. The Bertz CT molecular complexity index is 678. The Morgan fingerprint density at radius 1 is 1.40 bits per heavy atom. The third-order valence-electron chi connectivity index (χ3n) is 4.50. The van der Waals surface area contributed by atoms with Gasteiger partial charge in [-0.25, -0.2) is 13.1 Å². The van der Waals surface area contributed by atoms with Crippen LogP contribution in [0, 0.1) is 11.8 Å². The first kappa shape index (κ1) is 19.8. The predicted octanol–water partition coefficient (Wildman–Crippen LogP) is 0.546. The Morgan fingerprint density at radius 2 is 2.12 bits per heavy atom. The smallest absolute Gasteiger partial charge is 0.236 e. The lowest BCUT2D eigenvalue weighted by Gasteiger charge is -2.22. The minimum absolute atomic E-state index is 0.0156. The summed E-state index contributed by atoms with van der Waals surface area (Å²) in [4.78, 5) is 20.6. The first-order chi connectivity index (χ1) is 11.7. The number of pyridine rings is 1. The van der Waals surface area contributed by atoms with E-state index in [9.17, 15) is 13.2 Å². The van der Waals surface area contributed by atoms with E-state index in [-0.39, 0.29) is 24.4 Å². The molecule has 0 bridgehead atoms. The van der Waals surface area contributed by atoms with Crippen molar-refractivity contribution in [3.8, 4) is 0 Å². The van der Waals surface area contributed by atoms with E-state index in [1.54, 1.807) is 11.1 Å². The number of likely N-dealkylation sites (tertiary alicyclic amines) is 1. The Morgan fingerprint density at radius 3 is 2.68 bits per heavy atom. The van der Waals surface area contributed by atoms with Gasteiger partial charge in [-0.1, -0.05) is 19.9 Å². The Hall–Kier alpha value is -1.51. The van der Waals surface area contributed by atoms with E-state index in [1.807, 2.05) is 30.1 Å². The van der Waals surface area contributed by atoms with Gasteiger partial charge in [0.15, 0.2) is 0 Å². The second-order valence-corrected chi connectivity index (χ2v) is 8.98. The fraction of sp³-hybridized carbons (Fsp3) is 0.647. The maximum Gasteiger partial charge on any atom is 0.236 e. The van der Waals surface area contributed by atoms with E-state index < -0.39 is 10.0 Å². The largest absolute Gasteiger partial charge is 0.340 e. The van der Waals surface area contributed by atoms with Crippen LogP contribution in [0.2, 0.25) is 0 Å². The number of aromatic nitrogens is 1. The van der Waals surface area contributed by atoms with Gasteiger partial charge in [0.1, 0.15) is 0 Å². The zero-order valence-corrected chi connectivity index (χ0v) is 16.2. The van der Waals surface area contributed by atoms with Crippen LogP contribution in [0.4, 0.5) is 0 Å². The molecule has 1 aliphatic rings. The second kappa shape index (κ2) is 8.25. The van der Waals surface area contributed by atoms with Crippen LogP contribution in [0.1, 0.15) is 19.5 Å². The minimum Gasteiger partial charge on any atom is -0.340 e. The number of carbonyl (C=O) groups is 1. The molecular weight excluding hydrogens is 340 g/mol. The molecule has 1 amide bonds. The molecule has 2 rings (SSSR count). The highest BCUT2D eigenvalue weighted by Crippen LogP contribution is 2.25. The first-order valence-corrected chi connectivity index (χ1v) is 10.4. The molecule has 1 fully saturated rings. The van der Waals surface area contributed by atoms with E-state index >= 15 is 0 Å². The molecule has 8 heteroatoms. The van der Waals surface area contributed by atoms with Gasteiger partial charge in [0.25, 0.3) is 0 Å². The highest BCUT2D eigenvalue weighted by Gasteiger charge is 2.38. The molecule has 1 aromatic rings. The van der Waals surface area contributed by atoms with Crippen LogP contribution in [0.5, 0.6) is 0 Å². The zero-order valence-electron chi connectivity index (χ0n) is 15.3. The summed E-state index contributed by atoms with van der Waals surface area (Å²) in [7, 11) is -1.41. The van der Waals surface area contributed by atoms with Crippen LogP contribution in [0.15, 0.2) is 24.4 Å². The van der Waals surface area contributed by atoms with Crippen molar-refractivity contribution < 1.29 is 13.2 Å². The summed E-state index contributed by atoms with van der Waals surface area (Å²) in [6.07, 6.45) is 2.90. The first-order valence-electron chi connectivity index (χ1n) is 8.49. The van der Waals surface area contributed by atoms with Crippen molar-refractivity contribution in [2.75, 3.05) is 32.9 Å². The van der Waals surface area contributed by atoms with Crippen molar-refractivity contribution in [1.29, 1.82) is 0 Å². The number of carbonyl (C=O) groups excluding carboxylic acids is 1. The van der Waals surface area contributed by atoms with Gasteiger partial charge in [-0.3, -0.25) is 14.7 Å². The molecule has 0 radical (unpaired) electrons. The molecule has 1 saturated heterocycles. The number of nitrogens with zero attached hydrogens (tertiary/aromatic N) is 3. The fourth-order valence-electron chi connectivity index (χ4n) is 3.26. The zero-order chi connectivity index (χ0) is 18.6. The normalized spacial score (nSPS) is 21.3. The summed E-state index contributed by atoms with van der Waals surface area (Å²) in [6.45, 7) is 6.00. The molecule has 1 aliphatic heterocycles. The Balaban J connectivity index is 1.95. The summed E-state index contributed by atoms with van der Waals surface area (Å²) >= 11 is 0. The van der Waals surface area contributed by atoms with E-state index in [0.717, 1.165) is 11.9 Å². The van der Waals surface area contributed by atoms with Crippen molar-refractivity contribution in [1.82, 2.24) is 19.5 Å². The molecule has 140 valence electrons. The number of nitrogens with one attached hydrogen (secondary N) is 1. The second-order valence-electron chi connectivity index (χ2n) is 7.20. The van der Waals surface area contributed by atoms with Crippen LogP contribution >= 0.6 is 0 Å². The lowest BCUT2D eigenvalue weighted by molar-refractivity contribution is -0.131. The van der Waals surface area contributed by atoms with E-state index in [1.165, 1.54) is 0 Å². The fourth-order valence-corrected chi connectivity index (χ4v) is 4.06. The summed E-state index contributed by atoms with van der Waals surface area (Å²) in [5.41, 5.74) is 0.913. The summed E-state index contributed by atoms with van der Waals surface area (Å²) < 4.78 is 25.8. The van der Waals surface area contributed by atoms with Gasteiger partial charge in [-0.15, -0.1) is 0 Å². The van der Waals surface area contributed by atoms with Crippen LogP contribution in [-0.4, -0.2) is 68.1 Å². The summed E-state index contributed by atoms with van der Waals surface area (Å²) in [5.74, 6) is 0.435. The molecule has 1 N–H and O–H groups in total. The van der Waals surface area contributed by atoms with Gasteiger partial charge < -0.3 is 4.90 Å². The average Bonchev–Trinajstić information content (AvgIpc) is 2.90. The number of rotatable bonds is 7. The SMILES string of the molecule is CC(C)[C@@H]1CN(C(=O)CN(C)Cc2ccccn2)C[C@H]1NS(C)(=O)=O. The van der Waals surface area contributed by atoms with Crippen molar-refractivity contribution in [3.63, 3.8) is 0 Å². The van der Waals surface area contributed by atoms with Gasteiger partial charge in [0.05, 0.1) is 18.5 Å². The number of sulfonamides is 1. The van der Waals surface area contributed by atoms with Crippen molar-refractivity contribution in [2.45, 2.75) is 26.4 Å². The molecule has 7 nitrogen and oxygen atoms in total. The molecule has 0 aromatic carbocycles. The van der Waals surface area contributed by atoms with Crippen LogP contribution in [0.25, 0.3) is 0 Å². The van der Waals surface area contributed by atoms with Gasteiger partial charge >= 0.3 is 0 Å². The highest BCUT2D eigenvalue weighted by atomic mass is 32.2. The topological polar surface area (TPSA) is 82.6 Å². The van der Waals surface area contributed by atoms with Crippen molar-refractivity contribution >= 4 is 15.9 Å².